The number of hydrogen-bond acceptors (Lipinski definition) is 3. The first-order valence-electron chi connectivity index (χ1n) is 6.47. The molecule has 3 heteroatoms. The van der Waals surface area contributed by atoms with Crippen LogP contribution in [0.3, 0.4) is 0 Å². The van der Waals surface area contributed by atoms with Crippen molar-refractivity contribution in [2.45, 2.75) is 18.9 Å². The van der Waals surface area contributed by atoms with E-state index in [9.17, 15) is 4.79 Å². The van der Waals surface area contributed by atoms with Crippen molar-refractivity contribution < 1.29 is 9.53 Å². The molecule has 2 heterocycles. The van der Waals surface area contributed by atoms with E-state index >= 15 is 0 Å². The Labute approximate surface area is 112 Å². The fourth-order valence-electron chi connectivity index (χ4n) is 2.46. The lowest BCUT2D eigenvalue weighted by Gasteiger charge is -2.25. The van der Waals surface area contributed by atoms with Gasteiger partial charge in [0.1, 0.15) is 0 Å². The maximum absolute atomic E-state index is 12.2. The zero-order chi connectivity index (χ0) is 13.1. The summed E-state index contributed by atoms with van der Waals surface area (Å²) in [6.07, 6.45) is 4.45. The Kier molecular flexibility index (Phi) is 3.38. The van der Waals surface area contributed by atoms with Crippen LogP contribution in [0.4, 0.5) is 0 Å². The highest BCUT2D eigenvalue weighted by atomic mass is 16.5. The van der Waals surface area contributed by atoms with Gasteiger partial charge in [-0.3, -0.25) is 9.78 Å². The first-order valence-corrected chi connectivity index (χ1v) is 6.47. The number of hydrogen-bond donors (Lipinski definition) is 0. The Morgan fingerprint density at radius 2 is 2.16 bits per heavy atom. The van der Waals surface area contributed by atoms with Crippen LogP contribution in [0.5, 0.6) is 0 Å². The van der Waals surface area contributed by atoms with Crippen molar-refractivity contribution in [1.29, 1.82) is 0 Å². The summed E-state index contributed by atoms with van der Waals surface area (Å²) in [5.74, 6) is 0.0785. The summed E-state index contributed by atoms with van der Waals surface area (Å²) >= 11 is 0. The third-order valence-corrected chi connectivity index (χ3v) is 3.45. The quantitative estimate of drug-likeness (QED) is 0.789. The number of pyridine rings is 1. The molecule has 0 bridgehead atoms. The number of benzene rings is 1. The first kappa shape index (κ1) is 12.1. The number of nitrogens with zero attached hydrogens (tertiary/aromatic N) is 1. The normalized spacial score (nSPS) is 17.8. The maximum Gasteiger partial charge on any atom is 0.167 e. The van der Waals surface area contributed by atoms with Crippen molar-refractivity contribution in [3.05, 3.63) is 65.5 Å². The van der Waals surface area contributed by atoms with Crippen LogP contribution in [-0.2, 0) is 11.2 Å². The van der Waals surface area contributed by atoms with Crippen LogP contribution >= 0.6 is 0 Å². The van der Waals surface area contributed by atoms with Crippen LogP contribution in [-0.4, -0.2) is 17.4 Å². The van der Waals surface area contributed by atoms with E-state index in [-0.39, 0.29) is 11.9 Å². The van der Waals surface area contributed by atoms with E-state index in [0.29, 0.717) is 18.6 Å². The van der Waals surface area contributed by atoms with Crippen molar-refractivity contribution in [2.24, 2.45) is 0 Å². The summed E-state index contributed by atoms with van der Waals surface area (Å²) in [4.78, 5) is 16.2. The molecular formula is C16H15NO2. The molecule has 2 aromatic rings. The van der Waals surface area contributed by atoms with E-state index in [2.05, 4.69) is 17.1 Å². The second-order valence-electron chi connectivity index (χ2n) is 4.68. The molecular weight excluding hydrogens is 238 g/mol. The molecule has 1 aliphatic rings. The van der Waals surface area contributed by atoms with Crippen LogP contribution in [0.15, 0.2) is 48.8 Å². The van der Waals surface area contributed by atoms with Gasteiger partial charge in [0.2, 0.25) is 0 Å². The van der Waals surface area contributed by atoms with Gasteiger partial charge in [-0.2, -0.15) is 0 Å². The number of Topliss-reactive ketones (excluding diaryl/α,β-unsaturated/α-hetero) is 1. The van der Waals surface area contributed by atoms with Crippen LogP contribution in [0.2, 0.25) is 0 Å². The van der Waals surface area contributed by atoms with Crippen LogP contribution in [0.1, 0.15) is 34.0 Å². The fraction of sp³-hybridized carbons (Fsp3) is 0.250. The molecule has 1 unspecified atom stereocenters. The van der Waals surface area contributed by atoms with Gasteiger partial charge in [0.05, 0.1) is 12.7 Å². The summed E-state index contributed by atoms with van der Waals surface area (Å²) in [6, 6.07) is 11.8. The van der Waals surface area contributed by atoms with Crippen LogP contribution in [0.25, 0.3) is 0 Å². The monoisotopic (exact) mass is 253 g/mol. The van der Waals surface area contributed by atoms with E-state index in [1.165, 1.54) is 5.56 Å². The number of ether oxygens (including phenoxy) is 1. The number of carbonyl (C=O) groups excluding carboxylic acids is 1. The average molecular weight is 253 g/mol. The van der Waals surface area contributed by atoms with E-state index in [1.807, 2.05) is 12.1 Å². The molecule has 1 aliphatic heterocycles. The van der Waals surface area contributed by atoms with Crippen molar-refractivity contribution in [3.63, 3.8) is 0 Å². The number of ketones is 1. The molecule has 0 saturated carbocycles. The molecule has 0 amide bonds. The van der Waals surface area contributed by atoms with Gasteiger partial charge in [-0.1, -0.05) is 24.3 Å². The van der Waals surface area contributed by atoms with Crippen molar-refractivity contribution in [1.82, 2.24) is 4.98 Å². The van der Waals surface area contributed by atoms with Gasteiger partial charge in [-0.25, -0.2) is 0 Å². The molecule has 0 aliphatic carbocycles. The Bertz CT molecular complexity index is 580. The lowest BCUT2D eigenvalue weighted by Crippen LogP contribution is -2.19. The number of rotatable bonds is 3. The number of carbonyl (C=O) groups is 1. The summed E-state index contributed by atoms with van der Waals surface area (Å²) in [6.45, 7) is 0.683. The summed E-state index contributed by atoms with van der Waals surface area (Å²) < 4.78 is 5.76. The fourth-order valence-corrected chi connectivity index (χ4v) is 2.46. The molecule has 1 atom stereocenters. The number of aromatic nitrogens is 1. The Hall–Kier alpha value is -2.00. The van der Waals surface area contributed by atoms with Crippen molar-refractivity contribution in [3.8, 4) is 0 Å². The lowest BCUT2D eigenvalue weighted by molar-refractivity contribution is 0.0352. The zero-order valence-electron chi connectivity index (χ0n) is 10.6. The Morgan fingerprint density at radius 3 is 3.00 bits per heavy atom. The molecule has 3 rings (SSSR count). The van der Waals surface area contributed by atoms with E-state index < -0.39 is 0 Å². The predicted molar refractivity (Wildman–Crippen MR) is 72.0 cm³/mol. The van der Waals surface area contributed by atoms with Gasteiger partial charge in [-0.15, -0.1) is 0 Å². The van der Waals surface area contributed by atoms with Gasteiger partial charge >= 0.3 is 0 Å². The largest absolute Gasteiger partial charge is 0.373 e. The molecule has 1 aromatic carbocycles. The van der Waals surface area contributed by atoms with Crippen molar-refractivity contribution in [2.75, 3.05) is 6.61 Å². The average Bonchev–Trinajstić information content (AvgIpc) is 2.48. The highest BCUT2D eigenvalue weighted by Gasteiger charge is 2.23. The maximum atomic E-state index is 12.2. The van der Waals surface area contributed by atoms with Gasteiger partial charge < -0.3 is 4.74 Å². The number of fused-ring (bicyclic) bond motifs is 1. The third-order valence-electron chi connectivity index (χ3n) is 3.45. The van der Waals surface area contributed by atoms with Gasteiger partial charge in [-0.05, 0) is 29.7 Å². The van der Waals surface area contributed by atoms with E-state index in [1.54, 1.807) is 24.5 Å². The highest BCUT2D eigenvalue weighted by molar-refractivity contribution is 5.96. The molecule has 0 radical (unpaired) electrons. The molecule has 1 aromatic heterocycles. The standard InChI is InChI=1S/C16H15NO2/c18-15(13-5-3-8-17-11-13)10-16-14-6-2-1-4-12(14)7-9-19-16/h1-6,8,11,16H,7,9-10H2. The first-order chi connectivity index (χ1) is 9.34. The van der Waals surface area contributed by atoms with E-state index in [0.717, 1.165) is 12.0 Å². The van der Waals surface area contributed by atoms with E-state index in [4.69, 9.17) is 4.74 Å². The van der Waals surface area contributed by atoms with Crippen LogP contribution in [0, 0.1) is 0 Å². The minimum absolute atomic E-state index is 0.0785. The Morgan fingerprint density at radius 1 is 1.26 bits per heavy atom. The minimum atomic E-state index is -0.127. The molecule has 0 N–H and O–H groups in total. The molecule has 3 nitrogen and oxygen atoms in total. The van der Waals surface area contributed by atoms with Gasteiger partial charge in [0, 0.05) is 24.4 Å². The minimum Gasteiger partial charge on any atom is -0.373 e. The highest BCUT2D eigenvalue weighted by Crippen LogP contribution is 2.30. The predicted octanol–water partition coefficient (Wildman–Crippen LogP) is 2.97. The molecule has 0 fully saturated rings. The Balaban J connectivity index is 1.80. The second kappa shape index (κ2) is 5.33. The molecule has 0 saturated heterocycles. The topological polar surface area (TPSA) is 39.2 Å². The lowest BCUT2D eigenvalue weighted by atomic mass is 9.93. The van der Waals surface area contributed by atoms with Gasteiger partial charge in [0.25, 0.3) is 0 Å². The molecule has 19 heavy (non-hydrogen) atoms. The molecule has 96 valence electrons. The summed E-state index contributed by atoms with van der Waals surface area (Å²) in [5, 5.41) is 0. The SMILES string of the molecule is O=C(CC1OCCc2ccccc21)c1cccnc1. The second-order valence-corrected chi connectivity index (χ2v) is 4.68. The van der Waals surface area contributed by atoms with Crippen LogP contribution < -0.4 is 0 Å². The molecule has 0 spiro atoms. The van der Waals surface area contributed by atoms with Crippen molar-refractivity contribution >= 4 is 5.78 Å². The zero-order valence-corrected chi connectivity index (χ0v) is 10.6. The summed E-state index contributed by atoms with van der Waals surface area (Å²) in [5.41, 5.74) is 3.08. The smallest absolute Gasteiger partial charge is 0.167 e. The van der Waals surface area contributed by atoms with Gasteiger partial charge in [0.15, 0.2) is 5.78 Å². The third kappa shape index (κ3) is 2.56. The summed E-state index contributed by atoms with van der Waals surface area (Å²) in [7, 11) is 0.